The maximum absolute atomic E-state index is 13.1. The Morgan fingerprint density at radius 3 is 2.65 bits per heavy atom. The zero-order chi connectivity index (χ0) is 23.9. The minimum Gasteiger partial charge on any atom is -0.378 e. The van der Waals surface area contributed by atoms with Crippen molar-refractivity contribution < 1.29 is 13.2 Å². The Bertz CT molecular complexity index is 1310. The summed E-state index contributed by atoms with van der Waals surface area (Å²) in [6.07, 6.45) is 1.76. The van der Waals surface area contributed by atoms with Crippen molar-refractivity contribution in [2.24, 2.45) is 5.92 Å². The maximum Gasteiger partial charge on any atom is 0.224 e. The number of morpholine rings is 1. The van der Waals surface area contributed by atoms with Crippen LogP contribution < -0.4 is 9.80 Å². The average Bonchev–Trinajstić information content (AvgIpc) is 3.17. The van der Waals surface area contributed by atoms with Gasteiger partial charge in [0.15, 0.2) is 9.84 Å². The van der Waals surface area contributed by atoms with Crippen molar-refractivity contribution in [2.45, 2.75) is 30.9 Å². The number of thiazole rings is 1. The van der Waals surface area contributed by atoms with Crippen LogP contribution in [0.1, 0.15) is 23.5 Å². The summed E-state index contributed by atoms with van der Waals surface area (Å²) in [6.45, 7) is 8.15. The fourth-order valence-electron chi connectivity index (χ4n) is 4.91. The lowest BCUT2D eigenvalue weighted by Gasteiger charge is -2.34. The number of nitrogens with zero attached hydrogens (tertiary/aromatic N) is 5. The molecule has 34 heavy (non-hydrogen) atoms. The van der Waals surface area contributed by atoms with Gasteiger partial charge in [0.1, 0.15) is 10.0 Å². The lowest BCUT2D eigenvalue weighted by Crippen LogP contribution is -2.39. The molecule has 2 saturated heterocycles. The van der Waals surface area contributed by atoms with E-state index < -0.39 is 9.84 Å². The molecule has 8 nitrogen and oxygen atoms in total. The van der Waals surface area contributed by atoms with Crippen molar-refractivity contribution in [2.75, 3.05) is 54.9 Å². The second kappa shape index (κ2) is 9.56. The van der Waals surface area contributed by atoms with E-state index in [1.165, 1.54) is 11.3 Å². The molecule has 1 aromatic carbocycles. The molecule has 2 fully saturated rings. The Morgan fingerprint density at radius 1 is 1.12 bits per heavy atom. The molecule has 0 spiro atoms. The van der Waals surface area contributed by atoms with Crippen molar-refractivity contribution in [1.82, 2.24) is 15.0 Å². The minimum atomic E-state index is -3.39. The first-order chi connectivity index (χ1) is 16.3. The Kier molecular flexibility index (Phi) is 6.67. The van der Waals surface area contributed by atoms with Crippen LogP contribution in [0.3, 0.4) is 0 Å². The highest BCUT2D eigenvalue weighted by Gasteiger charge is 2.30. The number of hydrogen-bond acceptors (Lipinski definition) is 9. The fraction of sp³-hybridized carbons (Fsp3) is 0.522. The molecule has 1 atom stereocenters. The highest BCUT2D eigenvalue weighted by Crippen LogP contribution is 2.33. The van der Waals surface area contributed by atoms with E-state index in [1.807, 2.05) is 6.92 Å². The quantitative estimate of drug-likeness (QED) is 0.467. The molecule has 0 bridgehead atoms. The predicted molar refractivity (Wildman–Crippen MR) is 136 cm³/mol. The molecule has 5 rings (SSSR count). The van der Waals surface area contributed by atoms with E-state index in [-0.39, 0.29) is 17.0 Å². The number of halogens is 1. The number of anilines is 2. The third-order valence-corrected chi connectivity index (χ3v) is 10.2. The minimum absolute atomic E-state index is 0.0111. The molecule has 2 aromatic heterocycles. The summed E-state index contributed by atoms with van der Waals surface area (Å²) in [6, 6.07) is 6.20. The van der Waals surface area contributed by atoms with Crippen molar-refractivity contribution in [3.8, 4) is 0 Å². The molecule has 182 valence electrons. The molecule has 2 aliphatic heterocycles. The summed E-state index contributed by atoms with van der Waals surface area (Å²) < 4.78 is 32.1. The van der Waals surface area contributed by atoms with Crippen LogP contribution >= 0.6 is 22.9 Å². The zero-order valence-corrected chi connectivity index (χ0v) is 21.7. The van der Waals surface area contributed by atoms with E-state index in [0.29, 0.717) is 29.7 Å². The molecule has 3 aromatic rings. The third kappa shape index (κ3) is 4.86. The summed E-state index contributed by atoms with van der Waals surface area (Å²) in [4.78, 5) is 17.8. The van der Waals surface area contributed by atoms with E-state index in [1.54, 1.807) is 6.92 Å². The Balaban J connectivity index is 1.40. The fourth-order valence-corrected chi connectivity index (χ4v) is 8.34. The van der Waals surface area contributed by atoms with Crippen LogP contribution in [0.5, 0.6) is 0 Å². The number of ether oxygens (including phenoxy) is 1. The zero-order valence-electron chi connectivity index (χ0n) is 19.3. The summed E-state index contributed by atoms with van der Waals surface area (Å²) in [5.41, 5.74) is 2.48. The Hall–Kier alpha value is -2.01. The normalized spacial score (nSPS) is 19.7. The molecule has 2 aliphatic rings. The van der Waals surface area contributed by atoms with E-state index in [0.717, 1.165) is 59.9 Å². The second-order valence-corrected chi connectivity index (χ2v) is 12.7. The molecule has 0 saturated carbocycles. The number of piperidine rings is 1. The van der Waals surface area contributed by atoms with Gasteiger partial charge in [-0.05, 0) is 62.4 Å². The van der Waals surface area contributed by atoms with Gasteiger partial charge in [0.25, 0.3) is 0 Å². The van der Waals surface area contributed by atoms with Gasteiger partial charge in [-0.15, -0.1) is 11.3 Å². The number of aryl methyl sites for hydroxylation is 2. The van der Waals surface area contributed by atoms with Crippen LogP contribution in [0, 0.1) is 19.8 Å². The second-order valence-electron chi connectivity index (χ2n) is 8.96. The van der Waals surface area contributed by atoms with Gasteiger partial charge in [-0.25, -0.2) is 18.4 Å². The Labute approximate surface area is 208 Å². The third-order valence-electron chi connectivity index (χ3n) is 6.43. The largest absolute Gasteiger partial charge is 0.378 e. The van der Waals surface area contributed by atoms with Gasteiger partial charge >= 0.3 is 0 Å². The van der Waals surface area contributed by atoms with Gasteiger partial charge in [0.2, 0.25) is 5.28 Å². The summed E-state index contributed by atoms with van der Waals surface area (Å²) >= 11 is 7.60. The molecule has 11 heteroatoms. The van der Waals surface area contributed by atoms with Gasteiger partial charge in [0.05, 0.1) is 35.2 Å². The molecule has 4 heterocycles. The topological polar surface area (TPSA) is 88.5 Å². The van der Waals surface area contributed by atoms with E-state index in [9.17, 15) is 8.42 Å². The van der Waals surface area contributed by atoms with Crippen molar-refractivity contribution in [3.63, 3.8) is 0 Å². The SMILES string of the molecule is Cc1nc(C)c(S(=O)(=O)CC2CCCN(c3nc(Cl)nc4cc(N5CCOCC5)ccc34)C2)s1. The van der Waals surface area contributed by atoms with E-state index >= 15 is 0 Å². The van der Waals surface area contributed by atoms with Gasteiger partial charge < -0.3 is 14.5 Å². The molecular weight excluding hydrogens is 494 g/mol. The van der Waals surface area contributed by atoms with Crippen molar-refractivity contribution in [1.29, 1.82) is 0 Å². The van der Waals surface area contributed by atoms with E-state index in [4.69, 9.17) is 16.3 Å². The molecule has 0 N–H and O–H groups in total. The first-order valence-electron chi connectivity index (χ1n) is 11.5. The lowest BCUT2D eigenvalue weighted by atomic mass is 9.99. The summed E-state index contributed by atoms with van der Waals surface area (Å²) in [7, 11) is -3.39. The average molecular weight is 522 g/mol. The number of sulfone groups is 1. The van der Waals surface area contributed by atoms with Gasteiger partial charge in [-0.1, -0.05) is 0 Å². The lowest BCUT2D eigenvalue weighted by molar-refractivity contribution is 0.122. The molecule has 0 aliphatic carbocycles. The van der Waals surface area contributed by atoms with Crippen LogP contribution in [0.25, 0.3) is 10.9 Å². The van der Waals surface area contributed by atoms with Crippen LogP contribution in [0.2, 0.25) is 5.28 Å². The molecular formula is C23H28ClN5O3S2. The van der Waals surface area contributed by atoms with Crippen LogP contribution in [0.15, 0.2) is 22.4 Å². The highest BCUT2D eigenvalue weighted by molar-refractivity contribution is 7.93. The predicted octanol–water partition coefficient (Wildman–Crippen LogP) is 3.88. The molecule has 0 amide bonds. The van der Waals surface area contributed by atoms with Gasteiger partial charge in [-0.3, -0.25) is 0 Å². The first-order valence-corrected chi connectivity index (χ1v) is 14.4. The number of fused-ring (bicyclic) bond motifs is 1. The van der Waals surface area contributed by atoms with Crippen LogP contribution in [-0.4, -0.2) is 68.5 Å². The van der Waals surface area contributed by atoms with E-state index in [2.05, 4.69) is 43.0 Å². The monoisotopic (exact) mass is 521 g/mol. The number of rotatable bonds is 5. The highest BCUT2D eigenvalue weighted by atomic mass is 35.5. The first kappa shape index (κ1) is 23.7. The smallest absolute Gasteiger partial charge is 0.224 e. The maximum atomic E-state index is 13.1. The van der Waals surface area contributed by atoms with Gasteiger partial charge in [0, 0.05) is 37.3 Å². The summed E-state index contributed by atoms with van der Waals surface area (Å²) in [5.74, 6) is 0.900. The number of benzene rings is 1. The van der Waals surface area contributed by atoms with Gasteiger partial charge in [-0.2, -0.15) is 4.98 Å². The molecule has 0 radical (unpaired) electrons. The summed E-state index contributed by atoms with van der Waals surface area (Å²) in [5, 5.41) is 1.91. The number of hydrogen-bond donors (Lipinski definition) is 0. The van der Waals surface area contributed by atoms with Crippen molar-refractivity contribution in [3.05, 3.63) is 34.2 Å². The standard InChI is InChI=1S/C23H28ClN5O3S2/c1-15-22(33-16(2)25-15)34(30,31)14-17-4-3-7-29(13-17)21-19-6-5-18(28-8-10-32-11-9-28)12-20(19)26-23(24)27-21/h5-6,12,17H,3-4,7-11,13-14H2,1-2H3. The number of aromatic nitrogens is 3. The molecule has 1 unspecified atom stereocenters. The van der Waals surface area contributed by atoms with Crippen LogP contribution in [0.4, 0.5) is 11.5 Å². The Morgan fingerprint density at radius 2 is 1.91 bits per heavy atom. The van der Waals surface area contributed by atoms with Crippen LogP contribution in [-0.2, 0) is 14.6 Å². The van der Waals surface area contributed by atoms with Crippen molar-refractivity contribution >= 4 is 55.2 Å².